The van der Waals surface area contributed by atoms with Crippen LogP contribution in [0.5, 0.6) is 0 Å². The molecule has 2 aliphatic rings. The summed E-state index contributed by atoms with van der Waals surface area (Å²) < 4.78 is 0. The van der Waals surface area contributed by atoms with Gasteiger partial charge in [0.15, 0.2) is 0 Å². The molecule has 0 aliphatic carbocycles. The molecular weight excluding hydrogens is 916 g/mol. The van der Waals surface area contributed by atoms with Crippen molar-refractivity contribution in [3.63, 3.8) is 0 Å². The summed E-state index contributed by atoms with van der Waals surface area (Å²) in [5.74, 6) is -0.678. The van der Waals surface area contributed by atoms with Crippen LogP contribution in [0.2, 0.25) is 0 Å². The maximum atomic E-state index is 13.1. The monoisotopic (exact) mass is 971 g/mol. The molecule has 1 atom stereocenters. The van der Waals surface area contributed by atoms with Crippen molar-refractivity contribution in [2.24, 2.45) is 9.98 Å². The largest absolute Gasteiger partial charge is 0.358 e. The summed E-state index contributed by atoms with van der Waals surface area (Å²) in [6, 6.07) is 38.7. The second-order valence-corrected chi connectivity index (χ2v) is 17.9. The molecule has 0 saturated heterocycles. The summed E-state index contributed by atoms with van der Waals surface area (Å²) in [4.78, 5) is 76.8. The van der Waals surface area contributed by atoms with E-state index >= 15 is 0 Å². The van der Waals surface area contributed by atoms with Gasteiger partial charge < -0.3 is 29.6 Å². The molecule has 2 aliphatic heterocycles. The summed E-state index contributed by atoms with van der Waals surface area (Å²) in [5.41, 5.74) is 12.0. The number of amides is 4. The van der Waals surface area contributed by atoms with E-state index in [2.05, 4.69) is 28.2 Å². The van der Waals surface area contributed by atoms with Gasteiger partial charge in [-0.2, -0.15) is 0 Å². The molecule has 0 fully saturated rings. The van der Waals surface area contributed by atoms with Crippen LogP contribution >= 0.6 is 0 Å². The molecule has 12 nitrogen and oxygen atoms in total. The van der Waals surface area contributed by atoms with E-state index in [0.29, 0.717) is 45.9 Å². The van der Waals surface area contributed by atoms with Gasteiger partial charge in [0.2, 0.25) is 0 Å². The van der Waals surface area contributed by atoms with E-state index in [0.717, 1.165) is 61.1 Å². The van der Waals surface area contributed by atoms with Crippen molar-refractivity contribution in [2.45, 2.75) is 12.8 Å². The molecule has 1 unspecified atom stereocenters. The van der Waals surface area contributed by atoms with Gasteiger partial charge >= 0.3 is 0 Å². The van der Waals surface area contributed by atoms with E-state index in [-0.39, 0.29) is 46.6 Å². The maximum Gasteiger partial charge on any atom is 0.253 e. The zero-order chi connectivity index (χ0) is 49.1. The van der Waals surface area contributed by atoms with Gasteiger partial charge in [-0.15, -0.1) is 0 Å². The van der Waals surface area contributed by atoms with Gasteiger partial charge in [0.05, 0.1) is 23.7 Å². The van der Waals surface area contributed by atoms with Crippen LogP contribution in [0.25, 0.3) is 16.7 Å². The average Bonchev–Trinajstić information content (AvgIpc) is 4.15. The number of fused-ring (bicyclic) bond motifs is 5. The number of nitrogens with one attached hydrogen (secondary N) is 2. The summed E-state index contributed by atoms with van der Waals surface area (Å²) in [6.45, 7) is 2.27. The number of carbonyl (C=O) groups excluding carboxylic acids is 4. The molecule has 355 valence electrons. The second-order valence-electron chi connectivity index (χ2n) is 17.9. The Balaban J connectivity index is 0.00000722. The molecule has 13 heteroatoms. The van der Waals surface area contributed by atoms with E-state index in [4.69, 9.17) is 9.98 Å². The smallest absolute Gasteiger partial charge is 0.253 e. The van der Waals surface area contributed by atoms with Crippen LogP contribution < -0.4 is 10.7 Å². The molecule has 0 saturated carbocycles. The molecule has 1 radical (unpaired) electrons. The fourth-order valence-electron chi connectivity index (χ4n) is 8.59. The summed E-state index contributed by atoms with van der Waals surface area (Å²) in [6.07, 6.45) is 7.94. The number of aromatic amines is 2. The third-order valence-electron chi connectivity index (χ3n) is 12.2. The van der Waals surface area contributed by atoms with Gasteiger partial charge in [-0.1, -0.05) is 54.6 Å². The minimum atomic E-state index is -0.289. The van der Waals surface area contributed by atoms with Crippen molar-refractivity contribution in [1.82, 2.24) is 29.6 Å². The van der Waals surface area contributed by atoms with Gasteiger partial charge in [-0.05, 0) is 120 Å². The molecule has 4 amide bonds. The van der Waals surface area contributed by atoms with E-state index < -0.39 is 0 Å². The van der Waals surface area contributed by atoms with E-state index in [9.17, 15) is 19.2 Å². The van der Waals surface area contributed by atoms with Crippen molar-refractivity contribution in [3.05, 3.63) is 218 Å². The Morgan fingerprint density at radius 3 is 1.40 bits per heavy atom. The molecule has 0 spiro atoms. The van der Waals surface area contributed by atoms with E-state index in [1.54, 1.807) is 76.0 Å². The molecule has 4 aromatic carbocycles. The van der Waals surface area contributed by atoms with Crippen molar-refractivity contribution in [3.8, 4) is 0 Å². The van der Waals surface area contributed by atoms with Gasteiger partial charge in [0, 0.05) is 140 Å². The molecule has 4 heterocycles. The third kappa shape index (κ3) is 10.3. The second kappa shape index (κ2) is 21.2. The Hall–Kier alpha value is -7.86. The third-order valence-corrected chi connectivity index (χ3v) is 12.2. The van der Waals surface area contributed by atoms with Crippen LogP contribution in [0.15, 0.2) is 161 Å². The number of allylic oxidation sites excluding steroid dienone is 5. The Morgan fingerprint density at radius 2 is 0.943 bits per heavy atom. The number of hydrogen-bond acceptors (Lipinski definition) is 6. The normalized spacial score (nSPS) is 17.1. The van der Waals surface area contributed by atoms with Gasteiger partial charge in [-0.25, -0.2) is 4.99 Å². The zero-order valence-electron chi connectivity index (χ0n) is 40.8. The summed E-state index contributed by atoms with van der Waals surface area (Å²) in [5, 5.41) is 1.61. The number of aliphatic imine (C=N–C) groups is 2. The molecule has 2 N–H and O–H groups in total. The van der Waals surface area contributed by atoms with Crippen molar-refractivity contribution < 1.29 is 36.2 Å². The SMILES string of the molecule is C/C=C\C1=NCC(c2ccc(C(=O)N(C)C)cc2)c2ccc([nH]2)/C(c2ccc(C(=O)N(C)C)cc2)=c2/cc/c([nH]2)=C(\c2ccc(C(=O)N(C)C)cc2)C2=N/C(=C\1c1ccc(C(=O)N(C)C)cc1)C=C2.[Mn]. The number of rotatable bonds is 9. The minimum Gasteiger partial charge on any atom is -0.358 e. The number of H-pyrrole nitrogens is 2. The quantitative estimate of drug-likeness (QED) is 0.149. The summed E-state index contributed by atoms with van der Waals surface area (Å²) >= 11 is 0. The molecule has 2 aromatic heterocycles. The first-order valence-electron chi connectivity index (χ1n) is 22.7. The van der Waals surface area contributed by atoms with Crippen molar-refractivity contribution in [2.75, 3.05) is 62.9 Å². The maximum absolute atomic E-state index is 13.1. The first-order chi connectivity index (χ1) is 33.1. The molecule has 70 heavy (non-hydrogen) atoms. The van der Waals surface area contributed by atoms with Crippen molar-refractivity contribution in [1.29, 1.82) is 0 Å². The Bertz CT molecular complexity index is 3260. The van der Waals surface area contributed by atoms with Gasteiger partial charge in [0.25, 0.3) is 23.6 Å². The Labute approximate surface area is 419 Å². The predicted octanol–water partition coefficient (Wildman–Crippen LogP) is 7.18. The fourth-order valence-corrected chi connectivity index (χ4v) is 8.59. The van der Waals surface area contributed by atoms with Crippen molar-refractivity contribution >= 4 is 51.8 Å². The van der Waals surface area contributed by atoms with E-state index in [1.807, 2.05) is 134 Å². The van der Waals surface area contributed by atoms with Crippen LogP contribution in [0, 0.1) is 0 Å². The molecular formula is C57H56MnN8O4. The summed E-state index contributed by atoms with van der Waals surface area (Å²) in [7, 11) is 13.9. The Kier molecular flexibility index (Phi) is 15.1. The first-order valence-corrected chi connectivity index (χ1v) is 22.7. The molecule has 6 aromatic rings. The average molecular weight is 972 g/mol. The Morgan fingerprint density at radius 1 is 0.514 bits per heavy atom. The number of carbonyl (C=O) groups is 4. The molecule has 8 rings (SSSR count). The number of benzene rings is 4. The van der Waals surface area contributed by atoms with Crippen LogP contribution in [0.3, 0.4) is 0 Å². The van der Waals surface area contributed by atoms with Crippen LogP contribution in [-0.4, -0.2) is 128 Å². The predicted molar refractivity (Wildman–Crippen MR) is 275 cm³/mol. The van der Waals surface area contributed by atoms with Crippen LogP contribution in [-0.2, 0) is 17.1 Å². The van der Waals surface area contributed by atoms with Crippen LogP contribution in [0.1, 0.15) is 87.9 Å². The van der Waals surface area contributed by atoms with Gasteiger partial charge in [0.1, 0.15) is 0 Å². The standard InChI is InChI=1S/C57H56N8O4.Mn/c1-10-11-45-51(36-14-22-40(23-15-36)55(67)63(4)5)46-30-31-49(60-46)53(38-18-26-42(27-19-38)57(69)65(8)9)50-33-32-48(61-50)52(37-16-24-41(25-17-37)56(68)64(6)7)47-29-28-44(59-47)43(34-58-45)35-12-20-39(21-13-35)54(66)62(2)3;/h10-33,43,59,61H,34H2,1-9H3;/b11-10-,51-46-,52-48-,53-50-,58-45?;. The zero-order valence-corrected chi connectivity index (χ0v) is 42.0. The number of hydrogen-bond donors (Lipinski definition) is 2. The first kappa shape index (κ1) is 50.0. The number of aromatic nitrogens is 2. The van der Waals surface area contributed by atoms with Crippen LogP contribution in [0.4, 0.5) is 0 Å². The van der Waals surface area contributed by atoms with Gasteiger partial charge in [-0.3, -0.25) is 24.2 Å². The number of nitrogens with zero attached hydrogens (tertiary/aromatic N) is 6. The van der Waals surface area contributed by atoms with E-state index in [1.165, 1.54) is 0 Å². The fraction of sp³-hybridized carbons (Fsp3) is 0.193. The molecule has 6 bridgehead atoms. The topological polar surface area (TPSA) is 138 Å². The minimum absolute atomic E-state index is 0.